The summed E-state index contributed by atoms with van der Waals surface area (Å²) in [7, 11) is -3.23. The lowest BCUT2D eigenvalue weighted by molar-refractivity contribution is 0.135. The van der Waals surface area contributed by atoms with Crippen LogP contribution in [0.25, 0.3) is 0 Å². The van der Waals surface area contributed by atoms with Crippen molar-refractivity contribution in [3.63, 3.8) is 0 Å². The second-order valence-electron chi connectivity index (χ2n) is 3.47. The first-order chi connectivity index (χ1) is 7.91. The van der Waals surface area contributed by atoms with E-state index < -0.39 is 28.6 Å². The van der Waals surface area contributed by atoms with Gasteiger partial charge >= 0.3 is 0 Å². The number of hydrogen-bond acceptors (Lipinski definition) is 4. The average molecular weight is 268 g/mol. The van der Waals surface area contributed by atoms with Crippen LogP contribution in [0.3, 0.4) is 0 Å². The molecule has 1 aromatic rings. The van der Waals surface area contributed by atoms with E-state index in [1.54, 1.807) is 0 Å². The predicted octanol–water partition coefficient (Wildman–Crippen LogP) is 0.748. The number of alkyl halides is 2. The van der Waals surface area contributed by atoms with E-state index >= 15 is 0 Å². The summed E-state index contributed by atoms with van der Waals surface area (Å²) in [6.45, 7) is 0.821. The number of sulfone groups is 1. The van der Waals surface area contributed by atoms with Crippen LogP contribution in [0.2, 0.25) is 0 Å². The van der Waals surface area contributed by atoms with Gasteiger partial charge in [-0.05, 0) is 0 Å². The van der Waals surface area contributed by atoms with Crippen molar-refractivity contribution in [2.24, 2.45) is 0 Å². The maximum atomic E-state index is 12.7. The second kappa shape index (κ2) is 5.54. The van der Waals surface area contributed by atoms with E-state index in [1.165, 1.54) is 6.92 Å². The summed E-state index contributed by atoms with van der Waals surface area (Å²) in [5, 5.41) is 12.5. The number of halogens is 2. The number of hydrogen-bond donors (Lipinski definition) is 1. The first-order valence-corrected chi connectivity index (χ1v) is 6.87. The fourth-order valence-corrected chi connectivity index (χ4v) is 2.10. The number of nitrogens with zero attached hydrogens (tertiary/aromatic N) is 2. The van der Waals surface area contributed by atoms with Crippen LogP contribution in [0.4, 0.5) is 8.78 Å². The Morgan fingerprint density at radius 2 is 2.18 bits per heavy atom. The van der Waals surface area contributed by atoms with Crippen LogP contribution in [-0.4, -0.2) is 34.8 Å². The molecule has 0 aliphatic carbocycles. The Balaban J connectivity index is 2.89. The van der Waals surface area contributed by atoms with Gasteiger partial charge in [0.1, 0.15) is 5.69 Å². The van der Waals surface area contributed by atoms with Gasteiger partial charge in [0.25, 0.3) is 6.43 Å². The third-order valence-corrected chi connectivity index (χ3v) is 4.08. The molecular formula is C9H14F2N2O3S. The molecule has 5 nitrogen and oxygen atoms in total. The lowest BCUT2D eigenvalue weighted by Crippen LogP contribution is -2.17. The molecule has 1 rings (SSSR count). The van der Waals surface area contributed by atoms with Gasteiger partial charge in [0.2, 0.25) is 0 Å². The van der Waals surface area contributed by atoms with Crippen LogP contribution in [0, 0.1) is 0 Å². The molecule has 17 heavy (non-hydrogen) atoms. The first-order valence-electron chi connectivity index (χ1n) is 5.05. The molecule has 0 saturated heterocycles. The number of aromatic nitrogens is 2. The second-order valence-corrected chi connectivity index (χ2v) is 5.95. The monoisotopic (exact) mass is 268 g/mol. The van der Waals surface area contributed by atoms with Crippen LogP contribution in [0.1, 0.15) is 24.6 Å². The molecule has 1 N–H and O–H groups in total. The van der Waals surface area contributed by atoms with Gasteiger partial charge in [-0.1, -0.05) is 6.92 Å². The Bertz CT molecular complexity index is 471. The fourth-order valence-electron chi connectivity index (χ4n) is 1.36. The Kier molecular flexibility index (Phi) is 4.58. The van der Waals surface area contributed by atoms with E-state index in [4.69, 9.17) is 5.11 Å². The van der Waals surface area contributed by atoms with E-state index in [2.05, 4.69) is 5.10 Å². The third kappa shape index (κ3) is 3.47. The maximum absolute atomic E-state index is 12.7. The molecular weight excluding hydrogens is 254 g/mol. The Labute approximate surface area is 98.0 Å². The van der Waals surface area contributed by atoms with Gasteiger partial charge in [-0.3, -0.25) is 4.68 Å². The van der Waals surface area contributed by atoms with Crippen LogP contribution in [0.5, 0.6) is 0 Å². The maximum Gasteiger partial charge on any atom is 0.280 e. The predicted molar refractivity (Wildman–Crippen MR) is 57.4 cm³/mol. The van der Waals surface area contributed by atoms with Gasteiger partial charge < -0.3 is 5.11 Å². The van der Waals surface area contributed by atoms with Crippen molar-refractivity contribution in [1.29, 1.82) is 0 Å². The fraction of sp³-hybridized carbons (Fsp3) is 0.667. The number of rotatable bonds is 6. The highest BCUT2D eigenvalue weighted by atomic mass is 32.2. The molecule has 0 radical (unpaired) electrons. The zero-order chi connectivity index (χ0) is 13.1. The van der Waals surface area contributed by atoms with Crippen molar-refractivity contribution >= 4 is 9.84 Å². The minimum absolute atomic E-state index is 0.0221. The van der Waals surface area contributed by atoms with Gasteiger partial charge in [-0.2, -0.15) is 5.10 Å². The van der Waals surface area contributed by atoms with Crippen molar-refractivity contribution < 1.29 is 22.3 Å². The van der Waals surface area contributed by atoms with Crippen LogP contribution in [-0.2, 0) is 23.0 Å². The smallest absolute Gasteiger partial charge is 0.280 e. The Hall–Kier alpha value is -1.02. The quantitative estimate of drug-likeness (QED) is 0.826. The zero-order valence-corrected chi connectivity index (χ0v) is 10.1. The normalized spacial score (nSPS) is 12.3. The van der Waals surface area contributed by atoms with E-state index in [9.17, 15) is 17.2 Å². The minimum atomic E-state index is -3.23. The molecule has 0 spiro atoms. The molecule has 0 atom stereocenters. The molecule has 0 amide bonds. The third-order valence-electron chi connectivity index (χ3n) is 2.39. The summed E-state index contributed by atoms with van der Waals surface area (Å²) in [4.78, 5) is 0. The van der Waals surface area contributed by atoms with Crippen molar-refractivity contribution in [3.05, 3.63) is 17.5 Å². The topological polar surface area (TPSA) is 72.2 Å². The van der Waals surface area contributed by atoms with E-state index in [0.717, 1.165) is 10.9 Å². The van der Waals surface area contributed by atoms with E-state index in [-0.39, 0.29) is 23.6 Å². The molecule has 1 aromatic heterocycles. The minimum Gasteiger partial charge on any atom is -0.392 e. The highest BCUT2D eigenvalue weighted by Gasteiger charge is 2.20. The summed E-state index contributed by atoms with van der Waals surface area (Å²) >= 11 is 0. The van der Waals surface area contributed by atoms with E-state index in [0.29, 0.717) is 0 Å². The van der Waals surface area contributed by atoms with Crippen LogP contribution < -0.4 is 0 Å². The Morgan fingerprint density at radius 1 is 1.53 bits per heavy atom. The molecule has 0 bridgehead atoms. The van der Waals surface area contributed by atoms with Crippen LogP contribution in [0.15, 0.2) is 6.20 Å². The molecule has 0 unspecified atom stereocenters. The van der Waals surface area contributed by atoms with Crippen LogP contribution >= 0.6 is 0 Å². The number of aryl methyl sites for hydroxylation is 1. The number of aliphatic hydroxyl groups excluding tert-OH is 1. The highest BCUT2D eigenvalue weighted by molar-refractivity contribution is 7.91. The molecule has 8 heteroatoms. The molecule has 0 aromatic carbocycles. The van der Waals surface area contributed by atoms with Gasteiger partial charge in [-0.15, -0.1) is 0 Å². The summed E-state index contributed by atoms with van der Waals surface area (Å²) in [6, 6.07) is 0. The highest BCUT2D eigenvalue weighted by Crippen LogP contribution is 2.22. The SMILES string of the molecule is CCS(=O)(=O)CCn1ncc(CO)c1C(F)F. The standard InChI is InChI=1S/C9H14F2N2O3S/c1-2-17(15,16)4-3-13-8(9(10)11)7(6-14)5-12-13/h5,9,14H,2-4,6H2,1H3. The molecule has 0 aliphatic rings. The Morgan fingerprint density at radius 3 is 2.65 bits per heavy atom. The first kappa shape index (κ1) is 14.0. The van der Waals surface area contributed by atoms with E-state index in [1.807, 2.05) is 0 Å². The molecule has 0 fully saturated rings. The van der Waals surface area contributed by atoms with Crippen molar-refractivity contribution in [1.82, 2.24) is 9.78 Å². The summed E-state index contributed by atoms with van der Waals surface area (Å²) in [6.07, 6.45) is -1.66. The van der Waals surface area contributed by atoms with Gasteiger partial charge in [0, 0.05) is 11.3 Å². The van der Waals surface area contributed by atoms with Crippen molar-refractivity contribution in [2.75, 3.05) is 11.5 Å². The lowest BCUT2D eigenvalue weighted by atomic mass is 10.2. The van der Waals surface area contributed by atoms with Crippen molar-refractivity contribution in [3.8, 4) is 0 Å². The molecule has 0 saturated carbocycles. The molecule has 0 aliphatic heterocycles. The lowest BCUT2D eigenvalue weighted by Gasteiger charge is -2.08. The molecule has 1 heterocycles. The summed E-state index contributed by atoms with van der Waals surface area (Å²) in [5.74, 6) is -0.277. The van der Waals surface area contributed by atoms with Gasteiger partial charge in [0.15, 0.2) is 9.84 Å². The van der Waals surface area contributed by atoms with Gasteiger partial charge in [0.05, 0.1) is 25.1 Å². The number of aliphatic hydroxyl groups is 1. The van der Waals surface area contributed by atoms with Crippen molar-refractivity contribution in [2.45, 2.75) is 26.5 Å². The molecule has 98 valence electrons. The average Bonchev–Trinajstić information content (AvgIpc) is 2.69. The largest absolute Gasteiger partial charge is 0.392 e. The van der Waals surface area contributed by atoms with Gasteiger partial charge in [-0.25, -0.2) is 17.2 Å². The zero-order valence-electron chi connectivity index (χ0n) is 9.31. The summed E-state index contributed by atoms with van der Waals surface area (Å²) in [5.41, 5.74) is -0.396. The summed E-state index contributed by atoms with van der Waals surface area (Å²) < 4.78 is 48.8.